The van der Waals surface area contributed by atoms with Gasteiger partial charge in [-0.15, -0.1) is 0 Å². The van der Waals surface area contributed by atoms with Gasteiger partial charge in [0.1, 0.15) is 17.6 Å². The molecule has 204 valence electrons. The number of carbonyl (C=O) groups is 1. The number of rotatable bonds is 11. The molecular weight excluding hydrogens is 516 g/mol. The zero-order valence-electron chi connectivity index (χ0n) is 20.4. The van der Waals surface area contributed by atoms with E-state index in [1.165, 1.54) is 62.7 Å². The van der Waals surface area contributed by atoms with Crippen molar-refractivity contribution in [1.82, 2.24) is 15.6 Å². The molecular formula is C26H25F6N3O3. The Kier molecular flexibility index (Phi) is 9.56. The number of aryl methyl sites for hydroxylation is 1. The van der Waals surface area contributed by atoms with Crippen molar-refractivity contribution in [2.45, 2.75) is 37.7 Å². The maximum atomic E-state index is 13.5. The van der Waals surface area contributed by atoms with E-state index in [0.29, 0.717) is 16.7 Å². The predicted molar refractivity (Wildman–Crippen MR) is 126 cm³/mol. The Labute approximate surface area is 215 Å². The van der Waals surface area contributed by atoms with Crippen molar-refractivity contribution in [1.29, 1.82) is 0 Å². The largest absolute Gasteiger partial charge is 0.493 e. The fraction of sp³-hybridized carbons (Fsp3) is 0.308. The first-order valence-electron chi connectivity index (χ1n) is 11.4. The molecule has 38 heavy (non-hydrogen) atoms. The fourth-order valence-electron chi connectivity index (χ4n) is 3.82. The second-order valence-electron chi connectivity index (χ2n) is 8.19. The summed E-state index contributed by atoms with van der Waals surface area (Å²) in [5.74, 6) is -1.10. The summed E-state index contributed by atoms with van der Waals surface area (Å²) < 4.78 is 87.4. The van der Waals surface area contributed by atoms with E-state index in [9.17, 15) is 31.1 Å². The minimum atomic E-state index is -4.57. The maximum Gasteiger partial charge on any atom is 0.433 e. The Hall–Kier alpha value is -3.80. The summed E-state index contributed by atoms with van der Waals surface area (Å²) in [5, 5.41) is 5.74. The van der Waals surface area contributed by atoms with Gasteiger partial charge in [-0.05, 0) is 59.9 Å². The Morgan fingerprint density at radius 3 is 2.24 bits per heavy atom. The van der Waals surface area contributed by atoms with Crippen LogP contribution in [0.3, 0.4) is 0 Å². The van der Waals surface area contributed by atoms with Crippen LogP contribution in [0.5, 0.6) is 11.5 Å². The number of amides is 1. The third-order valence-electron chi connectivity index (χ3n) is 5.72. The molecule has 1 aromatic heterocycles. The van der Waals surface area contributed by atoms with E-state index < -0.39 is 42.3 Å². The number of nitrogens with one attached hydrogen (secondary N) is 2. The van der Waals surface area contributed by atoms with Crippen molar-refractivity contribution in [3.8, 4) is 11.5 Å². The van der Waals surface area contributed by atoms with E-state index in [0.717, 1.165) is 12.3 Å². The van der Waals surface area contributed by atoms with E-state index >= 15 is 0 Å². The standard InChI is InChI=1S/C26H25F6N3O3/c1-33-24(36)23(16-5-8-18(27)9-6-16)35-19(10-3-15-4-12-22(34-14-15)26(30,31)32)17-7-11-20(38-25(28)29)21(13-17)37-2/h4-9,11-14,19,23,25,35H,3,10H2,1-2H3,(H,33,36)/t19-,23-/m1/s1. The highest BCUT2D eigenvalue weighted by Gasteiger charge is 2.32. The third kappa shape index (κ3) is 7.60. The third-order valence-corrected chi connectivity index (χ3v) is 5.72. The Bertz CT molecular complexity index is 1200. The van der Waals surface area contributed by atoms with Gasteiger partial charge in [-0.25, -0.2) is 4.39 Å². The monoisotopic (exact) mass is 541 g/mol. The molecule has 6 nitrogen and oxygen atoms in total. The summed E-state index contributed by atoms with van der Waals surface area (Å²) in [6.45, 7) is -3.08. The highest BCUT2D eigenvalue weighted by molar-refractivity contribution is 5.83. The Morgan fingerprint density at radius 1 is 1.00 bits per heavy atom. The van der Waals surface area contributed by atoms with Gasteiger partial charge in [-0.3, -0.25) is 15.1 Å². The van der Waals surface area contributed by atoms with Crippen molar-refractivity contribution in [2.24, 2.45) is 0 Å². The molecule has 0 bridgehead atoms. The van der Waals surface area contributed by atoms with Crippen LogP contribution in [-0.4, -0.2) is 31.7 Å². The smallest absolute Gasteiger partial charge is 0.433 e. The number of aromatic nitrogens is 1. The van der Waals surface area contributed by atoms with E-state index in [4.69, 9.17) is 4.74 Å². The molecule has 2 atom stereocenters. The summed E-state index contributed by atoms with van der Waals surface area (Å²) in [6.07, 6.45) is -2.93. The number of hydrogen-bond acceptors (Lipinski definition) is 5. The van der Waals surface area contributed by atoms with E-state index in [2.05, 4.69) is 20.4 Å². The number of methoxy groups -OCH3 is 1. The predicted octanol–water partition coefficient (Wildman–Crippen LogP) is 5.60. The molecule has 2 aromatic carbocycles. The summed E-state index contributed by atoms with van der Waals surface area (Å²) in [5.41, 5.74) is 0.467. The summed E-state index contributed by atoms with van der Waals surface area (Å²) in [6, 6.07) is 10.2. The second kappa shape index (κ2) is 12.6. The van der Waals surface area contributed by atoms with Crippen LogP contribution >= 0.6 is 0 Å². The van der Waals surface area contributed by atoms with Crippen LogP contribution in [0.2, 0.25) is 0 Å². The van der Waals surface area contributed by atoms with Gasteiger partial charge in [0.2, 0.25) is 5.91 Å². The van der Waals surface area contributed by atoms with Gasteiger partial charge in [-0.2, -0.15) is 22.0 Å². The molecule has 3 rings (SSSR count). The Morgan fingerprint density at radius 2 is 1.68 bits per heavy atom. The maximum absolute atomic E-state index is 13.5. The van der Waals surface area contributed by atoms with Crippen LogP contribution in [0, 0.1) is 5.82 Å². The molecule has 0 aliphatic rings. The van der Waals surface area contributed by atoms with Crippen molar-refractivity contribution in [3.05, 3.63) is 89.0 Å². The molecule has 0 aliphatic heterocycles. The van der Waals surface area contributed by atoms with Gasteiger partial charge in [0.05, 0.1) is 7.11 Å². The molecule has 0 aliphatic carbocycles. The molecule has 2 N–H and O–H groups in total. The molecule has 0 radical (unpaired) electrons. The number of nitrogens with zero attached hydrogens (tertiary/aromatic N) is 1. The van der Waals surface area contributed by atoms with Crippen LogP contribution in [0.25, 0.3) is 0 Å². The van der Waals surface area contributed by atoms with Gasteiger partial charge in [0, 0.05) is 19.3 Å². The number of ether oxygens (including phenoxy) is 2. The van der Waals surface area contributed by atoms with Crippen molar-refractivity contribution in [2.75, 3.05) is 14.2 Å². The van der Waals surface area contributed by atoms with Crippen molar-refractivity contribution < 1.29 is 40.6 Å². The number of alkyl halides is 5. The zero-order chi connectivity index (χ0) is 27.9. The van der Waals surface area contributed by atoms with Crippen molar-refractivity contribution >= 4 is 5.91 Å². The minimum Gasteiger partial charge on any atom is -0.493 e. The highest BCUT2D eigenvalue weighted by Crippen LogP contribution is 2.34. The number of halogens is 6. The SMILES string of the molecule is CNC(=O)[C@H](N[C@H](CCc1ccc(C(F)(F)F)nc1)c1ccc(OC(F)F)c(OC)c1)c1ccc(F)cc1. The quantitative estimate of drug-likeness (QED) is 0.309. The molecule has 0 saturated carbocycles. The van der Waals surface area contributed by atoms with Crippen LogP contribution < -0.4 is 20.1 Å². The van der Waals surface area contributed by atoms with E-state index in [1.54, 1.807) is 0 Å². The first-order chi connectivity index (χ1) is 18.0. The molecule has 1 amide bonds. The number of likely N-dealkylation sites (N-methyl/N-ethyl adjacent to an activating group) is 1. The number of benzene rings is 2. The molecule has 0 saturated heterocycles. The average Bonchev–Trinajstić information content (AvgIpc) is 2.89. The lowest BCUT2D eigenvalue weighted by atomic mass is 9.96. The topological polar surface area (TPSA) is 72.5 Å². The number of pyridine rings is 1. The van der Waals surface area contributed by atoms with Gasteiger partial charge >= 0.3 is 12.8 Å². The van der Waals surface area contributed by atoms with Gasteiger partial charge in [-0.1, -0.05) is 24.3 Å². The van der Waals surface area contributed by atoms with E-state index in [-0.39, 0.29) is 24.3 Å². The highest BCUT2D eigenvalue weighted by atomic mass is 19.4. The summed E-state index contributed by atoms with van der Waals surface area (Å²) in [4.78, 5) is 16.2. The molecule has 0 spiro atoms. The van der Waals surface area contributed by atoms with Crippen LogP contribution in [-0.2, 0) is 17.4 Å². The van der Waals surface area contributed by atoms with Gasteiger partial charge in [0.15, 0.2) is 11.5 Å². The van der Waals surface area contributed by atoms with Crippen LogP contribution in [0.1, 0.15) is 40.9 Å². The molecule has 3 aromatic rings. The Balaban J connectivity index is 1.94. The molecule has 0 fully saturated rings. The first kappa shape index (κ1) is 28.8. The fourth-order valence-corrected chi connectivity index (χ4v) is 3.82. The van der Waals surface area contributed by atoms with E-state index in [1.807, 2.05) is 0 Å². The normalized spacial score (nSPS) is 13.2. The molecule has 12 heteroatoms. The van der Waals surface area contributed by atoms with Crippen LogP contribution in [0.15, 0.2) is 60.8 Å². The lowest BCUT2D eigenvalue weighted by Crippen LogP contribution is -2.38. The average molecular weight is 541 g/mol. The first-order valence-corrected chi connectivity index (χ1v) is 11.4. The number of carbonyl (C=O) groups excluding carboxylic acids is 1. The molecule has 1 heterocycles. The summed E-state index contributed by atoms with van der Waals surface area (Å²) >= 11 is 0. The van der Waals surface area contributed by atoms with Gasteiger partial charge in [0.25, 0.3) is 0 Å². The minimum absolute atomic E-state index is 0.0177. The second-order valence-corrected chi connectivity index (χ2v) is 8.19. The molecule has 0 unspecified atom stereocenters. The zero-order valence-corrected chi connectivity index (χ0v) is 20.4. The number of hydrogen-bond donors (Lipinski definition) is 2. The van der Waals surface area contributed by atoms with Crippen LogP contribution in [0.4, 0.5) is 26.3 Å². The lowest BCUT2D eigenvalue weighted by Gasteiger charge is -2.26. The van der Waals surface area contributed by atoms with Gasteiger partial charge < -0.3 is 14.8 Å². The summed E-state index contributed by atoms with van der Waals surface area (Å²) in [7, 11) is 2.71. The van der Waals surface area contributed by atoms with Crippen molar-refractivity contribution in [3.63, 3.8) is 0 Å². The lowest BCUT2D eigenvalue weighted by molar-refractivity contribution is -0.141.